The highest BCUT2D eigenvalue weighted by Crippen LogP contribution is 2.17. The Morgan fingerprint density at radius 3 is 1.02 bits per heavy atom. The van der Waals surface area contributed by atoms with E-state index in [-0.39, 0.29) is 6.61 Å². The molecule has 0 saturated carbocycles. The maximum absolute atomic E-state index is 12.5. The number of hydrogen-bond acceptors (Lipinski definition) is 4. The van der Waals surface area contributed by atoms with Gasteiger partial charge in [0.1, 0.15) is 6.10 Å². The van der Waals surface area contributed by atoms with Gasteiger partial charge >= 0.3 is 0 Å². The number of amides is 1. The largest absolute Gasteiger partial charge is 0.394 e. The number of unbranched alkanes of at least 4 members (excludes halogenated alkanes) is 39. The molecule has 0 heterocycles. The lowest BCUT2D eigenvalue weighted by molar-refractivity contribution is -0.131. The predicted molar refractivity (Wildman–Crippen MR) is 273 cm³/mol. The van der Waals surface area contributed by atoms with Gasteiger partial charge in [-0.2, -0.15) is 0 Å². The van der Waals surface area contributed by atoms with Crippen LogP contribution in [-0.2, 0) is 4.79 Å². The lowest BCUT2D eigenvalue weighted by Gasteiger charge is -2.21. The molecule has 0 bridgehead atoms. The average molecular weight is 873 g/mol. The van der Waals surface area contributed by atoms with Crippen LogP contribution in [0.3, 0.4) is 0 Å². The van der Waals surface area contributed by atoms with Gasteiger partial charge in [0, 0.05) is 0 Å². The molecule has 0 aliphatic heterocycles. The van der Waals surface area contributed by atoms with E-state index in [1.54, 1.807) is 6.08 Å². The molecule has 0 rings (SSSR count). The Morgan fingerprint density at radius 1 is 0.403 bits per heavy atom. The fourth-order valence-electron chi connectivity index (χ4n) is 8.63. The van der Waals surface area contributed by atoms with Crippen LogP contribution < -0.4 is 5.32 Å². The first kappa shape index (κ1) is 60.6. The second-order valence-corrected chi connectivity index (χ2v) is 19.1. The van der Waals surface area contributed by atoms with Crippen molar-refractivity contribution in [1.29, 1.82) is 0 Å². The molecule has 0 saturated heterocycles. The number of carbonyl (C=O) groups excluding carboxylic acids is 1. The van der Waals surface area contributed by atoms with Crippen LogP contribution in [0.1, 0.15) is 296 Å². The van der Waals surface area contributed by atoms with Crippen LogP contribution >= 0.6 is 0 Å². The topological polar surface area (TPSA) is 89.8 Å². The standard InChI is InChI=1S/C57H109NO4/c1-3-5-7-9-11-13-15-17-18-19-20-21-22-23-24-25-26-27-28-29-30-31-32-33-34-35-36-37-38-39-40-42-44-46-48-50-52-56(61)57(62)58-54(53-59)55(60)51-49-47-45-43-41-16-14-12-10-8-6-4-2/h24-25,27-28,49,51,54-56,59-61H,3-23,26,29-48,50,52-53H2,1-2H3,(H,58,62)/b25-24-,28-27-,51-49+. The van der Waals surface area contributed by atoms with Gasteiger partial charge in [-0.25, -0.2) is 0 Å². The lowest BCUT2D eigenvalue weighted by Crippen LogP contribution is -2.48. The fraction of sp³-hybridized carbons (Fsp3) is 0.877. The molecule has 62 heavy (non-hydrogen) atoms. The summed E-state index contributed by atoms with van der Waals surface area (Å²) >= 11 is 0. The van der Waals surface area contributed by atoms with Crippen molar-refractivity contribution in [2.75, 3.05) is 6.61 Å². The van der Waals surface area contributed by atoms with Gasteiger partial charge in [0.2, 0.25) is 5.91 Å². The summed E-state index contributed by atoms with van der Waals surface area (Å²) in [6.45, 7) is 4.19. The summed E-state index contributed by atoms with van der Waals surface area (Å²) in [5.74, 6) is -0.502. The molecule has 5 heteroatoms. The van der Waals surface area contributed by atoms with Crippen molar-refractivity contribution >= 4 is 5.91 Å². The van der Waals surface area contributed by atoms with Gasteiger partial charge in [-0.05, 0) is 51.4 Å². The van der Waals surface area contributed by atoms with Gasteiger partial charge in [-0.1, -0.05) is 281 Å². The van der Waals surface area contributed by atoms with Gasteiger partial charge in [-0.3, -0.25) is 4.79 Å². The zero-order chi connectivity index (χ0) is 45.1. The Labute approximate surface area is 387 Å². The summed E-state index contributed by atoms with van der Waals surface area (Å²) in [6.07, 6.45) is 68.1. The Kier molecular flexibility index (Phi) is 51.0. The number of hydrogen-bond donors (Lipinski definition) is 4. The first-order valence-corrected chi connectivity index (χ1v) is 27.8. The van der Waals surface area contributed by atoms with Crippen molar-refractivity contribution in [2.24, 2.45) is 0 Å². The molecule has 0 radical (unpaired) electrons. The molecule has 0 aliphatic carbocycles. The second-order valence-electron chi connectivity index (χ2n) is 19.1. The summed E-state index contributed by atoms with van der Waals surface area (Å²) in [4.78, 5) is 12.5. The van der Waals surface area contributed by atoms with Crippen LogP contribution in [0.15, 0.2) is 36.5 Å². The van der Waals surface area contributed by atoms with Gasteiger partial charge in [0.05, 0.1) is 18.8 Å². The third-order valence-corrected chi connectivity index (χ3v) is 13.0. The van der Waals surface area contributed by atoms with Crippen LogP contribution in [0.5, 0.6) is 0 Å². The summed E-state index contributed by atoms with van der Waals surface area (Å²) < 4.78 is 0. The molecular formula is C57H109NO4. The Hall–Kier alpha value is -1.43. The Morgan fingerprint density at radius 2 is 0.694 bits per heavy atom. The molecule has 0 aromatic rings. The van der Waals surface area contributed by atoms with E-state index in [1.807, 2.05) is 6.08 Å². The van der Waals surface area contributed by atoms with Crippen molar-refractivity contribution in [3.05, 3.63) is 36.5 Å². The number of aliphatic hydroxyl groups is 3. The summed E-state index contributed by atoms with van der Waals surface area (Å²) in [6, 6.07) is -0.796. The van der Waals surface area contributed by atoms with E-state index in [0.717, 1.165) is 38.5 Å². The summed E-state index contributed by atoms with van der Waals surface area (Å²) in [7, 11) is 0. The van der Waals surface area contributed by atoms with Gasteiger partial charge < -0.3 is 20.6 Å². The SMILES string of the molecule is CCCCCCCCCCCC/C=C/C(O)C(CO)NC(=O)C(O)CCCCCCCCCCCCCCCCCC/C=C\C/C=C\CCCCCCCCCCCCCCC. The molecule has 1 amide bonds. The normalized spacial score (nSPS) is 13.6. The van der Waals surface area contributed by atoms with Crippen molar-refractivity contribution in [3.8, 4) is 0 Å². The first-order chi connectivity index (χ1) is 30.6. The molecule has 3 atom stereocenters. The van der Waals surface area contributed by atoms with E-state index in [2.05, 4.69) is 43.5 Å². The monoisotopic (exact) mass is 872 g/mol. The smallest absolute Gasteiger partial charge is 0.249 e. The van der Waals surface area contributed by atoms with Gasteiger partial charge in [0.15, 0.2) is 0 Å². The lowest BCUT2D eigenvalue weighted by atomic mass is 10.0. The van der Waals surface area contributed by atoms with Crippen molar-refractivity contribution in [1.82, 2.24) is 5.32 Å². The van der Waals surface area contributed by atoms with E-state index < -0.39 is 24.2 Å². The highest BCUT2D eigenvalue weighted by molar-refractivity contribution is 5.80. The van der Waals surface area contributed by atoms with E-state index in [4.69, 9.17) is 0 Å². The zero-order valence-corrected chi connectivity index (χ0v) is 41.8. The van der Waals surface area contributed by atoms with Crippen LogP contribution in [0.2, 0.25) is 0 Å². The molecule has 4 N–H and O–H groups in total. The maximum atomic E-state index is 12.5. The number of allylic oxidation sites excluding steroid dienone is 5. The summed E-state index contributed by atoms with van der Waals surface area (Å²) in [5, 5.41) is 33.2. The van der Waals surface area contributed by atoms with Crippen molar-refractivity contribution in [3.63, 3.8) is 0 Å². The second kappa shape index (κ2) is 52.2. The minimum Gasteiger partial charge on any atom is -0.394 e. The van der Waals surface area contributed by atoms with E-state index >= 15 is 0 Å². The quantitative estimate of drug-likeness (QED) is 0.0362. The third kappa shape index (κ3) is 46.6. The fourth-order valence-corrected chi connectivity index (χ4v) is 8.63. The number of aliphatic hydroxyl groups excluding tert-OH is 3. The number of carbonyl (C=O) groups is 1. The highest BCUT2D eigenvalue weighted by Gasteiger charge is 2.22. The van der Waals surface area contributed by atoms with Crippen LogP contribution in [0.25, 0.3) is 0 Å². The first-order valence-electron chi connectivity index (χ1n) is 27.8. The van der Waals surface area contributed by atoms with E-state index in [1.165, 1.54) is 238 Å². The third-order valence-electron chi connectivity index (χ3n) is 13.0. The minimum atomic E-state index is -1.10. The number of rotatable bonds is 51. The molecule has 0 aliphatic rings. The van der Waals surface area contributed by atoms with Crippen molar-refractivity contribution in [2.45, 2.75) is 315 Å². The van der Waals surface area contributed by atoms with Crippen LogP contribution in [0.4, 0.5) is 0 Å². The van der Waals surface area contributed by atoms with Crippen molar-refractivity contribution < 1.29 is 20.1 Å². The molecule has 0 aromatic carbocycles. The summed E-state index contributed by atoms with van der Waals surface area (Å²) in [5.41, 5.74) is 0. The Balaban J connectivity index is 3.49. The molecule has 0 spiro atoms. The predicted octanol–water partition coefficient (Wildman–Crippen LogP) is 17.1. The molecule has 0 aromatic heterocycles. The van der Waals surface area contributed by atoms with Gasteiger partial charge in [-0.15, -0.1) is 0 Å². The van der Waals surface area contributed by atoms with Gasteiger partial charge in [0.25, 0.3) is 0 Å². The Bertz CT molecular complexity index is 962. The average Bonchev–Trinajstić information content (AvgIpc) is 3.28. The van der Waals surface area contributed by atoms with E-state index in [9.17, 15) is 20.1 Å². The molecule has 3 unspecified atom stereocenters. The highest BCUT2D eigenvalue weighted by atomic mass is 16.3. The molecular weight excluding hydrogens is 763 g/mol. The molecule has 0 fully saturated rings. The van der Waals surface area contributed by atoms with Crippen LogP contribution in [0, 0.1) is 0 Å². The van der Waals surface area contributed by atoms with E-state index in [0.29, 0.717) is 6.42 Å². The molecule has 5 nitrogen and oxygen atoms in total. The van der Waals surface area contributed by atoms with Crippen LogP contribution in [-0.4, -0.2) is 46.1 Å². The maximum Gasteiger partial charge on any atom is 0.249 e. The number of nitrogens with one attached hydrogen (secondary N) is 1. The zero-order valence-electron chi connectivity index (χ0n) is 41.8. The minimum absolute atomic E-state index is 0.362. The molecule has 366 valence electrons.